The highest BCUT2D eigenvalue weighted by Gasteiger charge is 2.53. The van der Waals surface area contributed by atoms with Crippen LogP contribution in [0.5, 0.6) is 0 Å². The smallest absolute Gasteiger partial charge is 0.416 e. The molecule has 4 rings (SSSR count). The van der Waals surface area contributed by atoms with E-state index in [0.29, 0.717) is 16.3 Å². The van der Waals surface area contributed by atoms with Crippen molar-refractivity contribution < 1.29 is 38.5 Å². The fourth-order valence-corrected chi connectivity index (χ4v) is 7.90. The number of carboxylic acids is 2. The Balaban J connectivity index is 1.94. The fourth-order valence-electron chi connectivity index (χ4n) is 5.65. The van der Waals surface area contributed by atoms with Crippen molar-refractivity contribution in [3.05, 3.63) is 83.4 Å². The zero-order valence-corrected chi connectivity index (χ0v) is 30.2. The lowest BCUT2D eigenvalue weighted by atomic mass is 9.70. The van der Waals surface area contributed by atoms with Crippen LogP contribution in [0.15, 0.2) is 66.2 Å². The van der Waals surface area contributed by atoms with Crippen LogP contribution in [-0.2, 0) is 13.9 Å². The number of nitrogens with zero attached hydrogens (tertiary/aromatic N) is 2. The van der Waals surface area contributed by atoms with Gasteiger partial charge in [0.05, 0.1) is 29.9 Å². The minimum absolute atomic E-state index is 0.0868. The standard InChI is InChI=1S/C35H46N2O8SSi/c1-10-19-37(33(42)45-34(2,3)4)32-36-28-27(22-16-12-14-18-24(22)30(40)41)26(21-15-11-13-17-23(21)29(38)39)25(44-31(28)46-32)20-43-47(8,9)35(5,6)7/h10-18,25-28,31H,1,19-20H2,2-9H3,(H,38,39)(H,40,41)/t25-,26-,27-,28+,31+/m0/s1. The Bertz CT molecular complexity index is 1550. The second kappa shape index (κ2) is 14.0. The molecule has 10 nitrogen and oxygen atoms in total. The molecule has 5 atom stereocenters. The van der Waals surface area contributed by atoms with Crippen LogP contribution in [0.3, 0.4) is 0 Å². The summed E-state index contributed by atoms with van der Waals surface area (Å²) in [7, 11) is -2.30. The summed E-state index contributed by atoms with van der Waals surface area (Å²) in [6.07, 6.45) is 0.305. The van der Waals surface area contributed by atoms with Gasteiger partial charge in [-0.15, -0.1) is 6.58 Å². The van der Waals surface area contributed by atoms with Crippen molar-refractivity contribution in [1.29, 1.82) is 0 Å². The molecular formula is C35H46N2O8SSi. The van der Waals surface area contributed by atoms with Crippen molar-refractivity contribution in [2.75, 3.05) is 13.2 Å². The third-order valence-electron chi connectivity index (χ3n) is 8.90. The van der Waals surface area contributed by atoms with Gasteiger partial charge in [0.1, 0.15) is 11.0 Å². The number of aromatic carboxylic acids is 2. The van der Waals surface area contributed by atoms with Crippen LogP contribution in [-0.4, -0.2) is 83.0 Å². The highest BCUT2D eigenvalue weighted by Crippen LogP contribution is 2.53. The Kier molecular flexibility index (Phi) is 10.8. The molecule has 2 aromatic carbocycles. The summed E-state index contributed by atoms with van der Waals surface area (Å²) in [5.41, 5.74) is -0.219. The van der Waals surface area contributed by atoms with Gasteiger partial charge in [-0.05, 0) is 62.2 Å². The van der Waals surface area contributed by atoms with E-state index >= 15 is 0 Å². The van der Waals surface area contributed by atoms with E-state index in [0.717, 1.165) is 0 Å². The molecule has 0 aliphatic carbocycles. The number of carboxylic acid groups (broad SMARTS) is 2. The van der Waals surface area contributed by atoms with Gasteiger partial charge in [0.15, 0.2) is 13.5 Å². The molecule has 0 saturated carbocycles. The largest absolute Gasteiger partial charge is 0.478 e. The topological polar surface area (TPSA) is 135 Å². The Hall–Kier alpha value is -3.45. The van der Waals surface area contributed by atoms with Crippen LogP contribution < -0.4 is 0 Å². The summed E-state index contributed by atoms with van der Waals surface area (Å²) in [5, 5.41) is 20.9. The predicted molar refractivity (Wildman–Crippen MR) is 186 cm³/mol. The van der Waals surface area contributed by atoms with E-state index in [2.05, 4.69) is 40.4 Å². The van der Waals surface area contributed by atoms with E-state index in [9.17, 15) is 24.6 Å². The number of carbonyl (C=O) groups is 3. The average molecular weight is 683 g/mol. The van der Waals surface area contributed by atoms with Crippen LogP contribution in [0, 0.1) is 0 Å². The SMILES string of the molecule is C=CCN(C(=O)OC(C)(C)C)C1=N[C@@H]2[C@@H](c3ccccc3C(=O)O)[C@@H](c3ccccc3C(=O)O)[C@H](CO[Si](C)(C)C(C)(C)C)O[C@@H]2S1. The van der Waals surface area contributed by atoms with E-state index in [4.69, 9.17) is 18.9 Å². The second-order valence-corrected chi connectivity index (χ2v) is 20.2. The van der Waals surface area contributed by atoms with Crippen molar-refractivity contribution in [3.8, 4) is 0 Å². The third-order valence-corrected chi connectivity index (χ3v) is 14.6. The summed E-state index contributed by atoms with van der Waals surface area (Å²) in [4.78, 5) is 45.0. The summed E-state index contributed by atoms with van der Waals surface area (Å²) >= 11 is 1.26. The number of hydrogen-bond donors (Lipinski definition) is 2. The molecule has 1 amide bonds. The highest BCUT2D eigenvalue weighted by atomic mass is 32.2. The van der Waals surface area contributed by atoms with Crippen LogP contribution >= 0.6 is 11.8 Å². The van der Waals surface area contributed by atoms with Crippen molar-refractivity contribution in [3.63, 3.8) is 0 Å². The van der Waals surface area contributed by atoms with Crippen molar-refractivity contribution in [1.82, 2.24) is 4.90 Å². The van der Waals surface area contributed by atoms with Crippen molar-refractivity contribution in [2.45, 2.75) is 94.7 Å². The predicted octanol–water partition coefficient (Wildman–Crippen LogP) is 7.59. The van der Waals surface area contributed by atoms with Gasteiger partial charge in [-0.25, -0.2) is 14.4 Å². The molecule has 0 spiro atoms. The number of amides is 1. The van der Waals surface area contributed by atoms with Gasteiger partial charge in [0.2, 0.25) is 0 Å². The van der Waals surface area contributed by atoms with E-state index in [1.807, 2.05) is 0 Å². The number of ether oxygens (including phenoxy) is 2. The molecule has 2 aliphatic heterocycles. The van der Waals surface area contributed by atoms with Crippen LogP contribution in [0.1, 0.15) is 85.2 Å². The summed E-state index contributed by atoms with van der Waals surface area (Å²) < 4.78 is 19.2. The number of rotatable bonds is 9. The lowest BCUT2D eigenvalue weighted by molar-refractivity contribution is -0.0610. The molecule has 0 bridgehead atoms. The first-order valence-electron chi connectivity index (χ1n) is 15.7. The summed E-state index contributed by atoms with van der Waals surface area (Å²) in [5.74, 6) is -3.53. The first-order valence-corrected chi connectivity index (χ1v) is 19.4. The van der Waals surface area contributed by atoms with Gasteiger partial charge in [-0.3, -0.25) is 9.89 Å². The molecule has 12 heteroatoms. The molecule has 254 valence electrons. The second-order valence-electron chi connectivity index (χ2n) is 14.4. The highest BCUT2D eigenvalue weighted by molar-refractivity contribution is 8.14. The third kappa shape index (κ3) is 7.99. The minimum Gasteiger partial charge on any atom is -0.478 e. The van der Waals surface area contributed by atoms with Crippen molar-refractivity contribution in [2.24, 2.45) is 4.99 Å². The van der Waals surface area contributed by atoms with Gasteiger partial charge >= 0.3 is 18.0 Å². The Morgan fingerprint density at radius 2 is 1.49 bits per heavy atom. The number of fused-ring (bicyclic) bond motifs is 1. The monoisotopic (exact) mass is 682 g/mol. The van der Waals surface area contributed by atoms with Gasteiger partial charge in [0, 0.05) is 18.4 Å². The molecule has 2 N–H and O–H groups in total. The Labute approximate surface area is 282 Å². The van der Waals surface area contributed by atoms with Gasteiger partial charge in [-0.2, -0.15) is 0 Å². The molecule has 0 unspecified atom stereocenters. The quantitative estimate of drug-likeness (QED) is 0.203. The van der Waals surface area contributed by atoms with E-state index < -0.39 is 61.4 Å². The average Bonchev–Trinajstić information content (AvgIpc) is 3.39. The van der Waals surface area contributed by atoms with Crippen LogP contribution in [0.2, 0.25) is 18.1 Å². The van der Waals surface area contributed by atoms with E-state index in [1.54, 1.807) is 75.4 Å². The maximum atomic E-state index is 13.4. The number of benzene rings is 2. The Morgan fingerprint density at radius 1 is 0.957 bits per heavy atom. The van der Waals surface area contributed by atoms with Crippen LogP contribution in [0.4, 0.5) is 4.79 Å². The molecule has 0 radical (unpaired) electrons. The lowest BCUT2D eigenvalue weighted by Crippen LogP contribution is -2.50. The molecular weight excluding hydrogens is 637 g/mol. The minimum atomic E-state index is -2.30. The Morgan fingerprint density at radius 3 is 1.98 bits per heavy atom. The maximum Gasteiger partial charge on any atom is 0.416 e. The molecule has 47 heavy (non-hydrogen) atoms. The normalized spacial score (nSPS) is 23.0. The molecule has 2 aromatic rings. The zero-order chi connectivity index (χ0) is 34.9. The lowest BCUT2D eigenvalue weighted by Gasteiger charge is -2.46. The number of carbonyl (C=O) groups excluding carboxylic acids is 1. The molecule has 1 fully saturated rings. The van der Waals surface area contributed by atoms with Crippen molar-refractivity contribution >= 4 is 43.3 Å². The molecule has 0 aromatic heterocycles. The van der Waals surface area contributed by atoms with E-state index in [-0.39, 0.29) is 29.3 Å². The number of amidine groups is 1. The molecule has 2 heterocycles. The summed E-state index contributed by atoms with van der Waals surface area (Å²) in [6, 6.07) is 12.8. The fraction of sp³-hybridized carbons (Fsp3) is 0.486. The number of aliphatic imine (C=N–C) groups is 1. The maximum absolute atomic E-state index is 13.4. The van der Waals surface area contributed by atoms with Crippen LogP contribution in [0.25, 0.3) is 0 Å². The summed E-state index contributed by atoms with van der Waals surface area (Å²) in [6.45, 7) is 20.1. The first kappa shape index (κ1) is 36.4. The van der Waals surface area contributed by atoms with Gasteiger partial charge in [-0.1, -0.05) is 75.0 Å². The number of hydrogen-bond acceptors (Lipinski definition) is 8. The van der Waals surface area contributed by atoms with Gasteiger partial charge < -0.3 is 24.1 Å². The van der Waals surface area contributed by atoms with E-state index in [1.165, 1.54) is 16.7 Å². The first-order chi connectivity index (χ1) is 21.9. The number of thioether (sulfide) groups is 1. The molecule has 1 saturated heterocycles. The van der Waals surface area contributed by atoms with Gasteiger partial charge in [0.25, 0.3) is 0 Å². The molecule has 2 aliphatic rings. The zero-order valence-electron chi connectivity index (χ0n) is 28.4.